The van der Waals surface area contributed by atoms with Crippen LogP contribution in [0.25, 0.3) is 0 Å². The van der Waals surface area contributed by atoms with E-state index in [0.29, 0.717) is 39.0 Å². The van der Waals surface area contributed by atoms with Crippen molar-refractivity contribution in [1.82, 2.24) is 10.2 Å². The molecule has 1 aliphatic rings. The van der Waals surface area contributed by atoms with Crippen molar-refractivity contribution < 1.29 is 14.3 Å². The fraction of sp³-hybridized carbons (Fsp3) is 0.556. The average molecular weight is 333 g/mol. The highest BCUT2D eigenvalue weighted by molar-refractivity contribution is 5.81. The van der Waals surface area contributed by atoms with Crippen molar-refractivity contribution in [2.45, 2.75) is 26.3 Å². The second kappa shape index (κ2) is 8.68. The molecule has 1 aliphatic heterocycles. The summed E-state index contributed by atoms with van der Waals surface area (Å²) in [5.74, 6) is 0.777. The van der Waals surface area contributed by atoms with E-state index in [1.54, 1.807) is 7.11 Å². The van der Waals surface area contributed by atoms with Crippen LogP contribution >= 0.6 is 0 Å². The zero-order chi connectivity index (χ0) is 17.5. The quantitative estimate of drug-likeness (QED) is 0.818. The highest BCUT2D eigenvalue weighted by atomic mass is 16.5. The van der Waals surface area contributed by atoms with Gasteiger partial charge < -0.3 is 20.7 Å². The van der Waals surface area contributed by atoms with Crippen LogP contribution in [0.2, 0.25) is 0 Å². The van der Waals surface area contributed by atoms with Gasteiger partial charge in [-0.1, -0.05) is 19.1 Å². The number of methoxy groups -OCH3 is 1. The van der Waals surface area contributed by atoms with E-state index < -0.39 is 0 Å². The van der Waals surface area contributed by atoms with Crippen LogP contribution in [-0.2, 0) is 16.1 Å². The topological polar surface area (TPSA) is 84.7 Å². The number of carbonyl (C=O) groups excluding carboxylic acids is 2. The Balaban J connectivity index is 1.77. The molecule has 132 valence electrons. The van der Waals surface area contributed by atoms with E-state index in [1.165, 1.54) is 0 Å². The maximum absolute atomic E-state index is 12.3. The van der Waals surface area contributed by atoms with E-state index >= 15 is 0 Å². The molecule has 24 heavy (non-hydrogen) atoms. The number of hydrogen-bond acceptors (Lipinski definition) is 4. The summed E-state index contributed by atoms with van der Waals surface area (Å²) in [5, 5.41) is 2.98. The highest BCUT2D eigenvalue weighted by Gasteiger charge is 2.28. The molecule has 2 amide bonds. The Hall–Kier alpha value is -2.08. The number of likely N-dealkylation sites (tertiary alicyclic amines) is 1. The first-order chi connectivity index (χ1) is 11.5. The van der Waals surface area contributed by atoms with Crippen molar-refractivity contribution >= 4 is 11.8 Å². The predicted molar refractivity (Wildman–Crippen MR) is 92.4 cm³/mol. The van der Waals surface area contributed by atoms with Crippen LogP contribution < -0.4 is 15.8 Å². The lowest BCUT2D eigenvalue weighted by Gasteiger charge is -2.32. The van der Waals surface area contributed by atoms with Gasteiger partial charge in [-0.3, -0.25) is 9.59 Å². The third-order valence-corrected chi connectivity index (χ3v) is 4.58. The SMILES string of the molecule is COc1ccc(CNC(=O)C2CCN(C(=O)C(C)CN)CC2)cc1. The van der Waals surface area contributed by atoms with Gasteiger partial charge in [0.05, 0.1) is 7.11 Å². The van der Waals surface area contributed by atoms with Crippen LogP contribution in [0, 0.1) is 11.8 Å². The number of nitrogens with one attached hydrogen (secondary N) is 1. The lowest BCUT2D eigenvalue weighted by molar-refractivity contribution is -0.138. The lowest BCUT2D eigenvalue weighted by atomic mass is 9.95. The Morgan fingerprint density at radius 1 is 1.29 bits per heavy atom. The van der Waals surface area contributed by atoms with Gasteiger partial charge in [-0.15, -0.1) is 0 Å². The molecule has 1 saturated heterocycles. The zero-order valence-electron chi connectivity index (χ0n) is 14.5. The first kappa shape index (κ1) is 18.3. The smallest absolute Gasteiger partial charge is 0.226 e. The Kier molecular flexibility index (Phi) is 6.61. The standard InChI is InChI=1S/C18H27N3O3/c1-13(11-19)18(23)21-9-7-15(8-10-21)17(22)20-12-14-3-5-16(24-2)6-4-14/h3-6,13,15H,7-12,19H2,1-2H3,(H,20,22). The van der Waals surface area contributed by atoms with Crippen LogP contribution in [-0.4, -0.2) is 43.5 Å². The van der Waals surface area contributed by atoms with Crippen molar-refractivity contribution in [3.8, 4) is 5.75 Å². The van der Waals surface area contributed by atoms with E-state index in [-0.39, 0.29) is 23.7 Å². The monoisotopic (exact) mass is 333 g/mol. The van der Waals surface area contributed by atoms with Gasteiger partial charge in [-0.25, -0.2) is 0 Å². The predicted octanol–water partition coefficient (Wildman–Crippen LogP) is 1.14. The van der Waals surface area contributed by atoms with Crippen molar-refractivity contribution in [3.05, 3.63) is 29.8 Å². The van der Waals surface area contributed by atoms with Crippen LogP contribution in [0.15, 0.2) is 24.3 Å². The van der Waals surface area contributed by atoms with Crippen LogP contribution in [0.1, 0.15) is 25.3 Å². The minimum Gasteiger partial charge on any atom is -0.497 e. The van der Waals surface area contributed by atoms with E-state index in [1.807, 2.05) is 36.1 Å². The lowest BCUT2D eigenvalue weighted by Crippen LogP contribution is -2.45. The minimum atomic E-state index is -0.148. The molecule has 0 radical (unpaired) electrons. The molecular weight excluding hydrogens is 306 g/mol. The number of nitrogens with two attached hydrogens (primary N) is 1. The average Bonchev–Trinajstić information content (AvgIpc) is 2.65. The molecule has 1 unspecified atom stereocenters. The second-order valence-corrected chi connectivity index (χ2v) is 6.30. The molecule has 1 aromatic carbocycles. The van der Waals surface area contributed by atoms with Crippen LogP contribution in [0.3, 0.4) is 0 Å². The highest BCUT2D eigenvalue weighted by Crippen LogP contribution is 2.19. The number of rotatable bonds is 6. The molecule has 0 spiro atoms. The zero-order valence-corrected chi connectivity index (χ0v) is 14.5. The third-order valence-electron chi connectivity index (χ3n) is 4.58. The van der Waals surface area contributed by atoms with E-state index in [2.05, 4.69) is 5.32 Å². The summed E-state index contributed by atoms with van der Waals surface area (Å²) in [6, 6.07) is 7.64. The van der Waals surface area contributed by atoms with Crippen molar-refractivity contribution in [3.63, 3.8) is 0 Å². The molecule has 3 N–H and O–H groups in total. The number of ether oxygens (including phenoxy) is 1. The number of nitrogens with zero attached hydrogens (tertiary/aromatic N) is 1. The molecule has 1 heterocycles. The summed E-state index contributed by atoms with van der Waals surface area (Å²) >= 11 is 0. The first-order valence-corrected chi connectivity index (χ1v) is 8.44. The normalized spacial score (nSPS) is 16.5. The van der Waals surface area contributed by atoms with E-state index in [0.717, 1.165) is 11.3 Å². The number of piperidine rings is 1. The molecule has 6 nitrogen and oxygen atoms in total. The molecule has 0 aliphatic carbocycles. The Morgan fingerprint density at radius 2 is 1.92 bits per heavy atom. The largest absolute Gasteiger partial charge is 0.497 e. The molecule has 0 aromatic heterocycles. The number of amides is 2. The summed E-state index contributed by atoms with van der Waals surface area (Å²) < 4.78 is 5.12. The third kappa shape index (κ3) is 4.71. The van der Waals surface area contributed by atoms with Crippen LogP contribution in [0.5, 0.6) is 5.75 Å². The minimum absolute atomic E-state index is 0.0273. The maximum Gasteiger partial charge on any atom is 0.226 e. The molecular formula is C18H27N3O3. The summed E-state index contributed by atoms with van der Waals surface area (Å²) in [6.45, 7) is 3.97. The van der Waals surface area contributed by atoms with E-state index in [4.69, 9.17) is 10.5 Å². The number of benzene rings is 1. The fourth-order valence-electron chi connectivity index (χ4n) is 2.85. The van der Waals surface area contributed by atoms with Crippen molar-refractivity contribution in [2.75, 3.05) is 26.7 Å². The molecule has 6 heteroatoms. The summed E-state index contributed by atoms with van der Waals surface area (Å²) in [6.07, 6.45) is 1.41. The van der Waals surface area contributed by atoms with Gasteiger partial charge in [0, 0.05) is 38.0 Å². The number of hydrogen-bond donors (Lipinski definition) is 2. The second-order valence-electron chi connectivity index (χ2n) is 6.30. The molecule has 0 bridgehead atoms. The van der Waals surface area contributed by atoms with Gasteiger partial charge in [-0.2, -0.15) is 0 Å². The summed E-state index contributed by atoms with van der Waals surface area (Å²) in [4.78, 5) is 26.2. The Morgan fingerprint density at radius 3 is 2.46 bits per heavy atom. The van der Waals surface area contributed by atoms with Gasteiger partial charge in [-0.05, 0) is 30.5 Å². The molecule has 0 saturated carbocycles. The van der Waals surface area contributed by atoms with Gasteiger partial charge in [0.2, 0.25) is 11.8 Å². The Labute approximate surface area is 143 Å². The van der Waals surface area contributed by atoms with Crippen LogP contribution in [0.4, 0.5) is 0 Å². The molecule has 1 aromatic rings. The van der Waals surface area contributed by atoms with Crippen molar-refractivity contribution in [1.29, 1.82) is 0 Å². The van der Waals surface area contributed by atoms with Gasteiger partial charge >= 0.3 is 0 Å². The first-order valence-electron chi connectivity index (χ1n) is 8.44. The molecule has 1 fully saturated rings. The summed E-state index contributed by atoms with van der Waals surface area (Å²) in [5.41, 5.74) is 6.58. The fourth-order valence-corrected chi connectivity index (χ4v) is 2.85. The van der Waals surface area contributed by atoms with Crippen molar-refractivity contribution in [2.24, 2.45) is 17.6 Å². The molecule has 2 rings (SSSR count). The van der Waals surface area contributed by atoms with E-state index in [9.17, 15) is 9.59 Å². The molecule has 1 atom stereocenters. The number of carbonyl (C=O) groups is 2. The van der Waals surface area contributed by atoms with Gasteiger partial charge in [0.15, 0.2) is 0 Å². The summed E-state index contributed by atoms with van der Waals surface area (Å²) in [7, 11) is 1.63. The Bertz CT molecular complexity index is 551. The van der Waals surface area contributed by atoms with Gasteiger partial charge in [0.25, 0.3) is 0 Å². The maximum atomic E-state index is 12.3. The van der Waals surface area contributed by atoms with Gasteiger partial charge in [0.1, 0.15) is 5.75 Å².